The highest BCUT2D eigenvalue weighted by Gasteiger charge is 2.07. The van der Waals surface area contributed by atoms with E-state index in [2.05, 4.69) is 11.4 Å². The first-order valence-corrected chi connectivity index (χ1v) is 8.25. The van der Waals surface area contributed by atoms with Gasteiger partial charge in [-0.1, -0.05) is 29.8 Å². The molecule has 0 aliphatic carbocycles. The number of halogens is 1. The fraction of sp³-hybridized carbons (Fsp3) is 0.176. The molecule has 0 fully saturated rings. The summed E-state index contributed by atoms with van der Waals surface area (Å²) in [5, 5.41) is 12.5. The Bertz CT molecular complexity index is 725. The zero-order valence-electron chi connectivity index (χ0n) is 12.1. The first kappa shape index (κ1) is 16.4. The van der Waals surface area contributed by atoms with Crippen molar-refractivity contribution in [2.75, 3.05) is 11.1 Å². The standard InChI is InChI=1S/C17H15ClN2OS/c1-12-8-15(18)6-7-16(12)20-17(21)11-22-10-14-5-3-2-4-13(14)9-19/h2-8H,10-11H2,1H3,(H,20,21). The number of carbonyl (C=O) groups excluding carboxylic acids is 1. The van der Waals surface area contributed by atoms with Gasteiger partial charge in [0.25, 0.3) is 0 Å². The van der Waals surface area contributed by atoms with Gasteiger partial charge in [0.15, 0.2) is 0 Å². The van der Waals surface area contributed by atoms with E-state index in [4.69, 9.17) is 16.9 Å². The molecule has 0 radical (unpaired) electrons. The topological polar surface area (TPSA) is 52.9 Å². The summed E-state index contributed by atoms with van der Waals surface area (Å²) in [4.78, 5) is 12.0. The molecule has 0 aliphatic rings. The molecule has 0 heterocycles. The van der Waals surface area contributed by atoms with Crippen LogP contribution in [-0.2, 0) is 10.5 Å². The van der Waals surface area contributed by atoms with Crippen molar-refractivity contribution in [2.24, 2.45) is 0 Å². The Morgan fingerprint density at radius 1 is 1.32 bits per heavy atom. The number of hydrogen-bond acceptors (Lipinski definition) is 3. The summed E-state index contributed by atoms with van der Waals surface area (Å²) in [6.45, 7) is 1.90. The van der Waals surface area contributed by atoms with E-state index in [0.717, 1.165) is 16.8 Å². The number of hydrogen-bond donors (Lipinski definition) is 1. The molecular formula is C17H15ClN2OS. The van der Waals surface area contributed by atoms with E-state index in [-0.39, 0.29) is 5.91 Å². The van der Waals surface area contributed by atoms with E-state index in [1.807, 2.05) is 31.2 Å². The molecule has 112 valence electrons. The maximum absolute atomic E-state index is 12.0. The lowest BCUT2D eigenvalue weighted by molar-refractivity contribution is -0.113. The van der Waals surface area contributed by atoms with Crippen molar-refractivity contribution in [1.29, 1.82) is 5.26 Å². The molecule has 0 unspecified atom stereocenters. The maximum Gasteiger partial charge on any atom is 0.234 e. The fourth-order valence-electron chi connectivity index (χ4n) is 1.96. The molecule has 0 aromatic heterocycles. The van der Waals surface area contributed by atoms with Crippen LogP contribution in [0.25, 0.3) is 0 Å². The lowest BCUT2D eigenvalue weighted by Gasteiger charge is -2.09. The molecule has 0 saturated heterocycles. The lowest BCUT2D eigenvalue weighted by Crippen LogP contribution is -2.15. The van der Waals surface area contributed by atoms with Crippen LogP contribution in [0.15, 0.2) is 42.5 Å². The van der Waals surface area contributed by atoms with Crippen molar-refractivity contribution < 1.29 is 4.79 Å². The zero-order valence-corrected chi connectivity index (χ0v) is 13.7. The predicted molar refractivity (Wildman–Crippen MR) is 92.1 cm³/mol. The van der Waals surface area contributed by atoms with Crippen molar-refractivity contribution in [1.82, 2.24) is 0 Å². The normalized spacial score (nSPS) is 10.0. The molecule has 0 saturated carbocycles. The van der Waals surface area contributed by atoms with Gasteiger partial charge in [-0.3, -0.25) is 4.79 Å². The molecule has 22 heavy (non-hydrogen) atoms. The zero-order chi connectivity index (χ0) is 15.9. The molecule has 2 rings (SSSR count). The molecule has 0 aliphatic heterocycles. The lowest BCUT2D eigenvalue weighted by atomic mass is 10.1. The molecule has 2 aromatic rings. The van der Waals surface area contributed by atoms with Crippen LogP contribution in [0.2, 0.25) is 5.02 Å². The molecule has 3 nitrogen and oxygen atoms in total. The van der Waals surface area contributed by atoms with Gasteiger partial charge >= 0.3 is 0 Å². The molecule has 0 bridgehead atoms. The summed E-state index contributed by atoms with van der Waals surface area (Å²) in [7, 11) is 0. The van der Waals surface area contributed by atoms with Gasteiger partial charge in [0.05, 0.1) is 17.4 Å². The van der Waals surface area contributed by atoms with Gasteiger partial charge in [-0.25, -0.2) is 0 Å². The second-order valence-electron chi connectivity index (χ2n) is 4.77. The highest BCUT2D eigenvalue weighted by Crippen LogP contribution is 2.20. The predicted octanol–water partition coefficient (Wildman–Crippen LogP) is 4.39. The van der Waals surface area contributed by atoms with Crippen molar-refractivity contribution in [2.45, 2.75) is 12.7 Å². The molecule has 5 heteroatoms. The molecule has 1 amide bonds. The van der Waals surface area contributed by atoms with Crippen LogP contribution in [0.3, 0.4) is 0 Å². The number of nitrogens with one attached hydrogen (secondary N) is 1. The number of thioether (sulfide) groups is 1. The number of rotatable bonds is 5. The molecule has 0 atom stereocenters. The quantitative estimate of drug-likeness (QED) is 0.884. The maximum atomic E-state index is 12.0. The third kappa shape index (κ3) is 4.52. The molecule has 1 N–H and O–H groups in total. The van der Waals surface area contributed by atoms with Crippen LogP contribution in [0.4, 0.5) is 5.69 Å². The molecule has 2 aromatic carbocycles. The summed E-state index contributed by atoms with van der Waals surface area (Å²) >= 11 is 7.37. The van der Waals surface area contributed by atoms with E-state index in [1.54, 1.807) is 18.2 Å². The highest BCUT2D eigenvalue weighted by atomic mass is 35.5. The second kappa shape index (κ2) is 7.88. The van der Waals surface area contributed by atoms with Crippen LogP contribution in [0.1, 0.15) is 16.7 Å². The van der Waals surface area contributed by atoms with Crippen molar-refractivity contribution in [3.63, 3.8) is 0 Å². The first-order chi connectivity index (χ1) is 10.6. The highest BCUT2D eigenvalue weighted by molar-refractivity contribution is 7.99. The number of anilines is 1. The number of nitrogens with zero attached hydrogens (tertiary/aromatic N) is 1. The Hall–Kier alpha value is -1.96. The minimum atomic E-state index is -0.0649. The minimum Gasteiger partial charge on any atom is -0.325 e. The Kier molecular flexibility index (Phi) is 5.88. The smallest absolute Gasteiger partial charge is 0.234 e. The van der Waals surface area contributed by atoms with Crippen LogP contribution >= 0.6 is 23.4 Å². The fourth-order valence-corrected chi connectivity index (χ4v) is 3.02. The minimum absolute atomic E-state index is 0.0649. The third-order valence-corrected chi connectivity index (χ3v) is 4.31. The van der Waals surface area contributed by atoms with E-state index < -0.39 is 0 Å². The summed E-state index contributed by atoms with van der Waals surface area (Å²) in [5.41, 5.74) is 3.31. The Morgan fingerprint density at radius 3 is 2.82 bits per heavy atom. The average Bonchev–Trinajstić information content (AvgIpc) is 2.50. The Morgan fingerprint density at radius 2 is 2.09 bits per heavy atom. The van der Waals surface area contributed by atoms with Crippen LogP contribution in [0.5, 0.6) is 0 Å². The van der Waals surface area contributed by atoms with E-state index >= 15 is 0 Å². The number of amides is 1. The first-order valence-electron chi connectivity index (χ1n) is 6.72. The average molecular weight is 331 g/mol. The summed E-state index contributed by atoms with van der Waals surface area (Å²) in [6.07, 6.45) is 0. The third-order valence-electron chi connectivity index (χ3n) is 3.09. The Labute approximate surface area is 139 Å². The van der Waals surface area contributed by atoms with Crippen LogP contribution in [-0.4, -0.2) is 11.7 Å². The molecule has 0 spiro atoms. The van der Waals surface area contributed by atoms with E-state index in [9.17, 15) is 4.79 Å². The van der Waals surface area contributed by atoms with Gasteiger partial charge < -0.3 is 5.32 Å². The summed E-state index contributed by atoms with van der Waals surface area (Å²) < 4.78 is 0. The number of nitriles is 1. The van der Waals surface area contributed by atoms with Crippen LogP contribution in [0, 0.1) is 18.3 Å². The van der Waals surface area contributed by atoms with Gasteiger partial charge in [0.1, 0.15) is 0 Å². The summed E-state index contributed by atoms with van der Waals surface area (Å²) in [5.74, 6) is 0.906. The number of benzene rings is 2. The number of carbonyl (C=O) groups is 1. The second-order valence-corrected chi connectivity index (χ2v) is 6.19. The van der Waals surface area contributed by atoms with Crippen molar-refractivity contribution >= 4 is 35.0 Å². The largest absolute Gasteiger partial charge is 0.325 e. The van der Waals surface area contributed by atoms with Gasteiger partial charge in [0.2, 0.25) is 5.91 Å². The van der Waals surface area contributed by atoms with Gasteiger partial charge in [0, 0.05) is 16.5 Å². The van der Waals surface area contributed by atoms with Crippen LogP contribution < -0.4 is 5.32 Å². The van der Waals surface area contributed by atoms with E-state index in [0.29, 0.717) is 22.1 Å². The van der Waals surface area contributed by atoms with Gasteiger partial charge in [-0.15, -0.1) is 11.8 Å². The van der Waals surface area contributed by atoms with Crippen molar-refractivity contribution in [3.8, 4) is 6.07 Å². The number of aryl methyl sites for hydroxylation is 1. The van der Waals surface area contributed by atoms with Gasteiger partial charge in [-0.05, 0) is 42.3 Å². The van der Waals surface area contributed by atoms with E-state index in [1.165, 1.54) is 11.8 Å². The SMILES string of the molecule is Cc1cc(Cl)ccc1NC(=O)CSCc1ccccc1C#N. The monoisotopic (exact) mass is 330 g/mol. The van der Waals surface area contributed by atoms with Crippen molar-refractivity contribution in [3.05, 3.63) is 64.2 Å². The summed E-state index contributed by atoms with van der Waals surface area (Å²) in [6, 6.07) is 14.9. The Balaban J connectivity index is 1.87. The van der Waals surface area contributed by atoms with Gasteiger partial charge in [-0.2, -0.15) is 5.26 Å². The molecular weight excluding hydrogens is 316 g/mol.